The van der Waals surface area contributed by atoms with E-state index in [0.29, 0.717) is 6.54 Å². The molecular weight excluding hydrogens is 352 g/mol. The number of hydrogen-bond acceptors (Lipinski definition) is 4. The largest absolute Gasteiger partial charge is 0.372 e. The summed E-state index contributed by atoms with van der Waals surface area (Å²) in [5.41, 5.74) is 2.68. The molecule has 0 radical (unpaired) electrons. The van der Waals surface area contributed by atoms with Gasteiger partial charge in [0.05, 0.1) is 12.2 Å². The molecule has 1 aliphatic rings. The van der Waals surface area contributed by atoms with E-state index in [2.05, 4.69) is 22.1 Å². The van der Waals surface area contributed by atoms with E-state index in [1.54, 1.807) is 6.20 Å². The first-order valence-corrected chi connectivity index (χ1v) is 9.81. The van der Waals surface area contributed by atoms with E-state index in [1.807, 2.05) is 42.5 Å². The van der Waals surface area contributed by atoms with Gasteiger partial charge in [0, 0.05) is 37.6 Å². The molecule has 1 fully saturated rings. The summed E-state index contributed by atoms with van der Waals surface area (Å²) in [6.45, 7) is 6.23. The van der Waals surface area contributed by atoms with Crippen LogP contribution in [-0.4, -0.2) is 41.3 Å². The fourth-order valence-corrected chi connectivity index (χ4v) is 3.36. The van der Waals surface area contributed by atoms with Crippen molar-refractivity contribution in [2.24, 2.45) is 5.92 Å². The van der Waals surface area contributed by atoms with E-state index < -0.39 is 0 Å². The van der Waals surface area contributed by atoms with Crippen LogP contribution in [0.5, 0.6) is 0 Å². The van der Waals surface area contributed by atoms with Gasteiger partial charge in [0.1, 0.15) is 6.54 Å². The summed E-state index contributed by atoms with van der Waals surface area (Å²) >= 11 is 0. The van der Waals surface area contributed by atoms with Crippen LogP contribution < -0.4 is 10.2 Å². The van der Waals surface area contributed by atoms with Crippen molar-refractivity contribution < 1.29 is 9.59 Å². The van der Waals surface area contributed by atoms with E-state index in [0.717, 1.165) is 30.4 Å². The van der Waals surface area contributed by atoms with E-state index >= 15 is 0 Å². The minimum atomic E-state index is -0.217. The summed E-state index contributed by atoms with van der Waals surface area (Å²) in [5.74, 6) is 0.422. The first-order chi connectivity index (χ1) is 13.5. The molecule has 0 saturated carbocycles. The molecule has 0 spiro atoms. The van der Waals surface area contributed by atoms with Crippen LogP contribution in [0.15, 0.2) is 48.7 Å². The van der Waals surface area contributed by atoms with E-state index in [4.69, 9.17) is 0 Å². The smallest absolute Gasteiger partial charge is 0.244 e. The van der Waals surface area contributed by atoms with Gasteiger partial charge in [-0.25, -0.2) is 0 Å². The maximum absolute atomic E-state index is 12.4. The highest BCUT2D eigenvalue weighted by atomic mass is 16.2. The van der Waals surface area contributed by atoms with Crippen LogP contribution in [0.1, 0.15) is 32.4 Å². The van der Waals surface area contributed by atoms with Gasteiger partial charge in [0.2, 0.25) is 11.8 Å². The molecular formula is C22H28N4O2. The number of pyridine rings is 1. The molecule has 0 bridgehead atoms. The Balaban J connectivity index is 1.55. The standard InChI is InChI=1S/C22H28N4O2/c1-17-10-13-25(14-11-17)21-8-6-19(7-9-21)24-22(28)16-26(18(2)27)15-20-5-3-4-12-23-20/h3-9,12,17H,10-11,13-16H2,1-2H3,(H,24,28). The highest BCUT2D eigenvalue weighted by Gasteiger charge is 2.17. The molecule has 2 amide bonds. The molecule has 3 rings (SSSR count). The first kappa shape index (κ1) is 19.9. The molecule has 6 nitrogen and oxygen atoms in total. The van der Waals surface area contributed by atoms with Gasteiger partial charge in [-0.3, -0.25) is 14.6 Å². The third-order valence-corrected chi connectivity index (χ3v) is 5.16. The van der Waals surface area contributed by atoms with Gasteiger partial charge in [-0.15, -0.1) is 0 Å². The van der Waals surface area contributed by atoms with Crippen molar-refractivity contribution in [2.45, 2.75) is 33.2 Å². The molecule has 2 heterocycles. The second kappa shape index (κ2) is 9.35. The average Bonchev–Trinajstić information content (AvgIpc) is 2.69. The number of piperidine rings is 1. The molecule has 6 heteroatoms. The fraction of sp³-hybridized carbons (Fsp3) is 0.409. The molecule has 1 aromatic carbocycles. The number of carbonyl (C=O) groups excluding carboxylic acids is 2. The molecule has 1 saturated heterocycles. The second-order valence-corrected chi connectivity index (χ2v) is 7.46. The van der Waals surface area contributed by atoms with Gasteiger partial charge in [-0.2, -0.15) is 0 Å². The Morgan fingerprint density at radius 3 is 2.46 bits per heavy atom. The minimum Gasteiger partial charge on any atom is -0.372 e. The lowest BCUT2D eigenvalue weighted by molar-refractivity contribution is -0.133. The van der Waals surface area contributed by atoms with Gasteiger partial charge in [-0.05, 0) is 55.2 Å². The van der Waals surface area contributed by atoms with E-state index in [9.17, 15) is 9.59 Å². The topological polar surface area (TPSA) is 65.5 Å². The first-order valence-electron chi connectivity index (χ1n) is 9.81. The highest BCUT2D eigenvalue weighted by molar-refractivity contribution is 5.94. The lowest BCUT2D eigenvalue weighted by atomic mass is 9.99. The van der Waals surface area contributed by atoms with Crippen molar-refractivity contribution in [2.75, 3.05) is 29.9 Å². The molecule has 148 valence electrons. The zero-order chi connectivity index (χ0) is 19.9. The summed E-state index contributed by atoms with van der Waals surface area (Å²) in [6.07, 6.45) is 4.11. The molecule has 2 aromatic rings. The van der Waals surface area contributed by atoms with Crippen molar-refractivity contribution in [1.82, 2.24) is 9.88 Å². The van der Waals surface area contributed by atoms with Gasteiger partial charge in [0.15, 0.2) is 0 Å². The van der Waals surface area contributed by atoms with Crippen LogP contribution >= 0.6 is 0 Å². The number of nitrogens with zero attached hydrogens (tertiary/aromatic N) is 3. The Morgan fingerprint density at radius 1 is 1.14 bits per heavy atom. The fourth-order valence-electron chi connectivity index (χ4n) is 3.36. The third kappa shape index (κ3) is 5.55. The highest BCUT2D eigenvalue weighted by Crippen LogP contribution is 2.24. The number of aromatic nitrogens is 1. The van der Waals surface area contributed by atoms with Gasteiger partial charge in [-0.1, -0.05) is 13.0 Å². The van der Waals surface area contributed by atoms with Crippen molar-refractivity contribution >= 4 is 23.2 Å². The van der Waals surface area contributed by atoms with Crippen LogP contribution in [0.25, 0.3) is 0 Å². The van der Waals surface area contributed by atoms with Crippen molar-refractivity contribution in [3.05, 3.63) is 54.4 Å². The normalized spacial score (nSPS) is 14.6. The molecule has 28 heavy (non-hydrogen) atoms. The Kier molecular flexibility index (Phi) is 6.63. The van der Waals surface area contributed by atoms with Crippen molar-refractivity contribution in [1.29, 1.82) is 0 Å². The maximum atomic E-state index is 12.4. The third-order valence-electron chi connectivity index (χ3n) is 5.16. The molecule has 0 unspecified atom stereocenters. The average molecular weight is 380 g/mol. The number of nitrogens with one attached hydrogen (secondary N) is 1. The summed E-state index contributed by atoms with van der Waals surface area (Å²) in [7, 11) is 0. The Morgan fingerprint density at radius 2 is 1.86 bits per heavy atom. The number of benzene rings is 1. The van der Waals surface area contributed by atoms with E-state index in [1.165, 1.54) is 30.4 Å². The summed E-state index contributed by atoms with van der Waals surface area (Å²) in [6, 6.07) is 13.5. The zero-order valence-corrected chi connectivity index (χ0v) is 16.6. The molecule has 0 aliphatic carbocycles. The van der Waals surface area contributed by atoms with Crippen LogP contribution in [-0.2, 0) is 16.1 Å². The Hall–Kier alpha value is -2.89. The quantitative estimate of drug-likeness (QED) is 0.835. The Bertz CT molecular complexity index is 784. The number of carbonyl (C=O) groups is 2. The lowest BCUT2D eigenvalue weighted by Crippen LogP contribution is -2.36. The molecule has 1 N–H and O–H groups in total. The van der Waals surface area contributed by atoms with Gasteiger partial charge >= 0.3 is 0 Å². The zero-order valence-electron chi connectivity index (χ0n) is 16.6. The molecule has 1 aromatic heterocycles. The summed E-state index contributed by atoms with van der Waals surface area (Å²) in [4.78, 5) is 32.4. The second-order valence-electron chi connectivity index (χ2n) is 7.46. The summed E-state index contributed by atoms with van der Waals surface area (Å²) in [5, 5.41) is 2.88. The maximum Gasteiger partial charge on any atom is 0.244 e. The van der Waals surface area contributed by atoms with E-state index in [-0.39, 0.29) is 18.4 Å². The van der Waals surface area contributed by atoms with Crippen molar-refractivity contribution in [3.8, 4) is 0 Å². The number of hydrogen-bond donors (Lipinski definition) is 1. The predicted molar refractivity (Wildman–Crippen MR) is 111 cm³/mol. The van der Waals surface area contributed by atoms with Crippen LogP contribution in [0, 0.1) is 5.92 Å². The minimum absolute atomic E-state index is 0.00231. The van der Waals surface area contributed by atoms with Gasteiger partial charge in [0.25, 0.3) is 0 Å². The van der Waals surface area contributed by atoms with Crippen LogP contribution in [0.4, 0.5) is 11.4 Å². The lowest BCUT2D eigenvalue weighted by Gasteiger charge is -2.32. The monoisotopic (exact) mass is 380 g/mol. The SMILES string of the molecule is CC(=O)N(CC(=O)Nc1ccc(N2CCC(C)CC2)cc1)Cc1ccccn1. The van der Waals surface area contributed by atoms with Crippen LogP contribution in [0.3, 0.4) is 0 Å². The summed E-state index contributed by atoms with van der Waals surface area (Å²) < 4.78 is 0. The number of amides is 2. The molecule has 1 aliphatic heterocycles. The number of rotatable bonds is 6. The predicted octanol–water partition coefficient (Wildman–Crippen LogP) is 3.31. The van der Waals surface area contributed by atoms with Crippen LogP contribution in [0.2, 0.25) is 0 Å². The van der Waals surface area contributed by atoms with Gasteiger partial charge < -0.3 is 15.1 Å². The Labute approximate surface area is 166 Å². The number of anilines is 2. The van der Waals surface area contributed by atoms with Crippen molar-refractivity contribution in [3.63, 3.8) is 0 Å². The molecule has 0 atom stereocenters.